The van der Waals surface area contributed by atoms with Crippen molar-refractivity contribution in [2.45, 2.75) is 58.1 Å². The first kappa shape index (κ1) is 15.3. The maximum Gasteiger partial charge on any atom is 0.119 e. The highest BCUT2D eigenvalue weighted by Gasteiger charge is 2.27. The molecule has 1 atom stereocenters. The Hall–Kier alpha value is -1.06. The van der Waals surface area contributed by atoms with E-state index >= 15 is 0 Å². The molecule has 0 bridgehead atoms. The minimum Gasteiger partial charge on any atom is -0.491 e. The van der Waals surface area contributed by atoms with Gasteiger partial charge in [0.1, 0.15) is 18.0 Å². The van der Waals surface area contributed by atoms with Crippen molar-refractivity contribution >= 4 is 0 Å². The second kappa shape index (κ2) is 6.15. The van der Waals surface area contributed by atoms with E-state index < -0.39 is 5.60 Å². The fourth-order valence-electron chi connectivity index (χ4n) is 2.33. The van der Waals surface area contributed by atoms with E-state index in [1.807, 2.05) is 13.0 Å². The van der Waals surface area contributed by atoms with E-state index in [1.165, 1.54) is 24.0 Å². The summed E-state index contributed by atoms with van der Waals surface area (Å²) < 4.78 is 5.75. The molecule has 0 amide bonds. The third-order valence-electron chi connectivity index (χ3n) is 3.76. The van der Waals surface area contributed by atoms with Gasteiger partial charge in [0.15, 0.2) is 0 Å². The van der Waals surface area contributed by atoms with Crippen molar-refractivity contribution in [3.8, 4) is 5.75 Å². The maximum absolute atomic E-state index is 10.3. The summed E-state index contributed by atoms with van der Waals surface area (Å²) in [4.78, 5) is 0. The van der Waals surface area contributed by atoms with Crippen molar-refractivity contribution in [3.05, 3.63) is 29.3 Å². The highest BCUT2D eigenvalue weighted by Crippen LogP contribution is 2.24. The first-order chi connectivity index (χ1) is 9.37. The summed E-state index contributed by atoms with van der Waals surface area (Å²) in [5, 5.41) is 13.6. The lowest BCUT2D eigenvalue weighted by Gasteiger charge is -2.24. The number of rotatable bonds is 7. The van der Waals surface area contributed by atoms with Crippen molar-refractivity contribution in [2.75, 3.05) is 13.2 Å². The summed E-state index contributed by atoms with van der Waals surface area (Å²) in [6.07, 6.45) is 2.46. The van der Waals surface area contributed by atoms with E-state index in [1.54, 1.807) is 0 Å². The number of ether oxygens (including phenoxy) is 1. The minimum atomic E-state index is -0.826. The van der Waals surface area contributed by atoms with Gasteiger partial charge in [0, 0.05) is 12.6 Å². The predicted octanol–water partition coefficient (Wildman–Crippen LogP) is 3.00. The van der Waals surface area contributed by atoms with Crippen LogP contribution in [0.25, 0.3) is 0 Å². The van der Waals surface area contributed by atoms with Gasteiger partial charge in [-0.05, 0) is 55.9 Å². The molecule has 2 rings (SSSR count). The standard InChI is InChI=1S/C17H27NO2/c1-12(2)16-8-7-15(9-13(16)3)20-11-17(4,19)10-18-14-5-6-14/h7-9,12,14,18-19H,5-6,10-11H2,1-4H3. The second-order valence-corrected chi connectivity index (χ2v) is 6.61. The zero-order valence-electron chi connectivity index (χ0n) is 13.1. The first-order valence-electron chi connectivity index (χ1n) is 7.56. The van der Waals surface area contributed by atoms with Gasteiger partial charge in [0.2, 0.25) is 0 Å². The van der Waals surface area contributed by atoms with E-state index in [9.17, 15) is 5.11 Å². The SMILES string of the molecule is Cc1cc(OCC(C)(O)CNC2CC2)ccc1C(C)C. The molecule has 0 spiro atoms. The number of benzene rings is 1. The Kier molecular flexibility index (Phi) is 4.71. The molecule has 0 radical (unpaired) electrons. The number of hydrogen-bond donors (Lipinski definition) is 2. The first-order valence-corrected chi connectivity index (χ1v) is 7.56. The van der Waals surface area contributed by atoms with Crippen molar-refractivity contribution in [3.63, 3.8) is 0 Å². The average Bonchev–Trinajstić information content (AvgIpc) is 3.18. The minimum absolute atomic E-state index is 0.313. The monoisotopic (exact) mass is 277 g/mol. The van der Waals surface area contributed by atoms with E-state index in [2.05, 4.69) is 38.2 Å². The molecule has 0 aromatic heterocycles. The molecule has 1 aromatic carbocycles. The van der Waals surface area contributed by atoms with E-state index in [0.717, 1.165) is 5.75 Å². The third-order valence-corrected chi connectivity index (χ3v) is 3.76. The van der Waals surface area contributed by atoms with Crippen LogP contribution in [0.1, 0.15) is 50.7 Å². The highest BCUT2D eigenvalue weighted by molar-refractivity contribution is 5.36. The fraction of sp³-hybridized carbons (Fsp3) is 0.647. The average molecular weight is 277 g/mol. The number of hydrogen-bond acceptors (Lipinski definition) is 3. The van der Waals surface area contributed by atoms with Crippen molar-refractivity contribution in [1.29, 1.82) is 0 Å². The quantitative estimate of drug-likeness (QED) is 0.805. The number of aryl methyl sites for hydroxylation is 1. The molecule has 112 valence electrons. The number of nitrogens with one attached hydrogen (secondary N) is 1. The molecule has 0 aliphatic heterocycles. The normalized spacial score (nSPS) is 18.1. The summed E-state index contributed by atoms with van der Waals surface area (Å²) in [5.41, 5.74) is 1.76. The maximum atomic E-state index is 10.3. The lowest BCUT2D eigenvalue weighted by Crippen LogP contribution is -2.43. The molecule has 2 N–H and O–H groups in total. The molecule has 1 aliphatic rings. The molecule has 3 nitrogen and oxygen atoms in total. The Morgan fingerprint density at radius 3 is 2.65 bits per heavy atom. The fourth-order valence-corrected chi connectivity index (χ4v) is 2.33. The Morgan fingerprint density at radius 1 is 1.40 bits per heavy atom. The molecule has 1 fully saturated rings. The van der Waals surface area contributed by atoms with Crippen LogP contribution in [0.3, 0.4) is 0 Å². The molecule has 1 aliphatic carbocycles. The smallest absolute Gasteiger partial charge is 0.119 e. The van der Waals surface area contributed by atoms with E-state index in [4.69, 9.17) is 4.74 Å². The summed E-state index contributed by atoms with van der Waals surface area (Å²) in [7, 11) is 0. The van der Waals surface area contributed by atoms with Gasteiger partial charge in [-0.15, -0.1) is 0 Å². The lowest BCUT2D eigenvalue weighted by atomic mass is 9.98. The Morgan fingerprint density at radius 2 is 2.10 bits per heavy atom. The number of aliphatic hydroxyl groups is 1. The van der Waals surface area contributed by atoms with Crippen LogP contribution < -0.4 is 10.1 Å². The van der Waals surface area contributed by atoms with E-state index in [-0.39, 0.29) is 0 Å². The van der Waals surface area contributed by atoms with Crippen LogP contribution in [0.2, 0.25) is 0 Å². The van der Waals surface area contributed by atoms with Gasteiger partial charge in [-0.25, -0.2) is 0 Å². The predicted molar refractivity (Wildman–Crippen MR) is 82.4 cm³/mol. The van der Waals surface area contributed by atoms with Crippen LogP contribution >= 0.6 is 0 Å². The van der Waals surface area contributed by atoms with Crippen molar-refractivity contribution in [2.24, 2.45) is 0 Å². The summed E-state index contributed by atoms with van der Waals surface area (Å²) in [6, 6.07) is 6.77. The zero-order valence-corrected chi connectivity index (χ0v) is 13.1. The van der Waals surface area contributed by atoms with Gasteiger partial charge in [0.05, 0.1) is 0 Å². The largest absolute Gasteiger partial charge is 0.491 e. The van der Waals surface area contributed by atoms with Crippen molar-refractivity contribution in [1.82, 2.24) is 5.32 Å². The van der Waals surface area contributed by atoms with Crippen LogP contribution in [0.5, 0.6) is 5.75 Å². The van der Waals surface area contributed by atoms with Gasteiger partial charge in [-0.2, -0.15) is 0 Å². The Labute approximate surface area is 122 Å². The molecular formula is C17H27NO2. The zero-order chi connectivity index (χ0) is 14.8. The van der Waals surface area contributed by atoms with Crippen molar-refractivity contribution < 1.29 is 9.84 Å². The summed E-state index contributed by atoms with van der Waals surface area (Å²) in [6.45, 7) is 9.20. The topological polar surface area (TPSA) is 41.5 Å². The third kappa shape index (κ3) is 4.50. The van der Waals surface area contributed by atoms with Gasteiger partial charge in [-0.1, -0.05) is 19.9 Å². The van der Waals surface area contributed by atoms with Gasteiger partial charge >= 0.3 is 0 Å². The highest BCUT2D eigenvalue weighted by atomic mass is 16.5. The lowest BCUT2D eigenvalue weighted by molar-refractivity contribution is 0.0120. The molecule has 1 aromatic rings. The Balaban J connectivity index is 1.87. The molecule has 20 heavy (non-hydrogen) atoms. The van der Waals surface area contributed by atoms with E-state index in [0.29, 0.717) is 25.1 Å². The molecule has 1 unspecified atom stereocenters. The molecule has 3 heteroatoms. The Bertz CT molecular complexity index is 450. The van der Waals surface area contributed by atoms with Crippen LogP contribution in [0, 0.1) is 6.92 Å². The molecule has 0 heterocycles. The molecular weight excluding hydrogens is 250 g/mol. The second-order valence-electron chi connectivity index (χ2n) is 6.61. The molecule has 1 saturated carbocycles. The van der Waals surface area contributed by atoms with Crippen LogP contribution in [-0.2, 0) is 0 Å². The summed E-state index contributed by atoms with van der Waals surface area (Å²) in [5.74, 6) is 1.36. The van der Waals surface area contributed by atoms with Gasteiger partial charge in [0.25, 0.3) is 0 Å². The summed E-state index contributed by atoms with van der Waals surface area (Å²) >= 11 is 0. The van der Waals surface area contributed by atoms with Crippen LogP contribution in [0.4, 0.5) is 0 Å². The van der Waals surface area contributed by atoms with Gasteiger partial charge in [-0.3, -0.25) is 0 Å². The van der Waals surface area contributed by atoms with Crippen LogP contribution in [-0.4, -0.2) is 29.9 Å². The molecule has 0 saturated heterocycles. The van der Waals surface area contributed by atoms with Crippen LogP contribution in [0.15, 0.2) is 18.2 Å². The van der Waals surface area contributed by atoms with Gasteiger partial charge < -0.3 is 15.2 Å².